The Morgan fingerprint density at radius 1 is 1.59 bits per heavy atom. The van der Waals surface area contributed by atoms with Gasteiger partial charge in [0.05, 0.1) is 18.0 Å². The maximum Gasteiger partial charge on any atom is 0.194 e. The number of fused-ring (bicyclic) bond motifs is 1. The van der Waals surface area contributed by atoms with Crippen LogP contribution < -0.4 is 5.32 Å². The molecule has 1 N–H and O–H groups in total. The fraction of sp³-hybridized carbons (Fsp3) is 0.583. The summed E-state index contributed by atoms with van der Waals surface area (Å²) in [6.45, 7) is 6.80. The number of rotatable bonds is 3. The second-order valence-electron chi connectivity index (χ2n) is 4.58. The Morgan fingerprint density at radius 2 is 2.47 bits per heavy atom. The second kappa shape index (κ2) is 4.40. The van der Waals surface area contributed by atoms with Gasteiger partial charge < -0.3 is 10.1 Å². The van der Waals surface area contributed by atoms with Crippen LogP contribution in [0, 0.1) is 13.8 Å². The predicted octanol–water partition coefficient (Wildman–Crippen LogP) is 1.89. The number of thiazole rings is 1. The van der Waals surface area contributed by atoms with Crippen molar-refractivity contribution in [3.8, 4) is 0 Å². The van der Waals surface area contributed by atoms with E-state index in [-0.39, 0.29) is 0 Å². The van der Waals surface area contributed by atoms with Crippen molar-refractivity contribution in [2.45, 2.75) is 32.9 Å². The number of hydrogen-bond donors (Lipinski definition) is 1. The minimum absolute atomic E-state index is 0.500. The molecule has 0 aliphatic carbocycles. The van der Waals surface area contributed by atoms with Gasteiger partial charge in [-0.1, -0.05) is 0 Å². The molecule has 1 fully saturated rings. The van der Waals surface area contributed by atoms with Gasteiger partial charge >= 0.3 is 0 Å². The van der Waals surface area contributed by atoms with Gasteiger partial charge in [-0.05, 0) is 20.3 Å². The highest BCUT2D eigenvalue weighted by Gasteiger charge is 2.17. The summed E-state index contributed by atoms with van der Waals surface area (Å²) in [5.74, 6) is 0. The van der Waals surface area contributed by atoms with Crippen LogP contribution in [-0.4, -0.2) is 28.6 Å². The maximum atomic E-state index is 5.37. The molecule has 1 unspecified atom stereocenters. The van der Waals surface area contributed by atoms with Crippen LogP contribution in [0.1, 0.15) is 22.7 Å². The summed E-state index contributed by atoms with van der Waals surface area (Å²) >= 11 is 1.74. The van der Waals surface area contributed by atoms with Crippen LogP contribution in [-0.2, 0) is 11.3 Å². The molecule has 0 radical (unpaired) electrons. The third-order valence-electron chi connectivity index (χ3n) is 3.23. The number of imidazole rings is 1. The molecule has 0 amide bonds. The molecule has 1 aliphatic heterocycles. The van der Waals surface area contributed by atoms with E-state index in [1.807, 2.05) is 0 Å². The molecule has 1 aliphatic rings. The Bertz CT molecular complexity index is 525. The van der Waals surface area contributed by atoms with E-state index in [1.165, 1.54) is 10.6 Å². The van der Waals surface area contributed by atoms with E-state index >= 15 is 0 Å². The normalized spacial score (nSPS) is 20.5. The summed E-state index contributed by atoms with van der Waals surface area (Å²) in [7, 11) is 0. The zero-order valence-electron chi connectivity index (χ0n) is 10.2. The third-order valence-corrected chi connectivity index (χ3v) is 4.13. The van der Waals surface area contributed by atoms with E-state index in [1.54, 1.807) is 11.3 Å². The summed E-state index contributed by atoms with van der Waals surface area (Å²) in [5.41, 5.74) is 2.40. The fourth-order valence-corrected chi connectivity index (χ4v) is 3.15. The lowest BCUT2D eigenvalue weighted by molar-refractivity contribution is 0.189. The molecule has 5 heteroatoms. The highest BCUT2D eigenvalue weighted by molar-refractivity contribution is 7.17. The molecule has 17 heavy (non-hydrogen) atoms. The van der Waals surface area contributed by atoms with Crippen LogP contribution in [0.15, 0.2) is 6.20 Å². The second-order valence-corrected chi connectivity index (χ2v) is 5.79. The monoisotopic (exact) mass is 251 g/mol. The lowest BCUT2D eigenvalue weighted by Gasteiger charge is -2.10. The maximum absolute atomic E-state index is 5.37. The van der Waals surface area contributed by atoms with Crippen molar-refractivity contribution in [3.63, 3.8) is 0 Å². The van der Waals surface area contributed by atoms with Crippen molar-refractivity contribution in [2.24, 2.45) is 0 Å². The SMILES string of the molecule is Cc1cn2c(CNC3CCOC3)c(C)nc2s1. The Hall–Kier alpha value is -0.910. The van der Waals surface area contributed by atoms with Crippen LogP contribution in [0.5, 0.6) is 0 Å². The molecule has 3 heterocycles. The molecular formula is C12H17N3OS. The molecule has 1 atom stereocenters. The molecule has 4 nitrogen and oxygen atoms in total. The van der Waals surface area contributed by atoms with Crippen molar-refractivity contribution < 1.29 is 4.74 Å². The van der Waals surface area contributed by atoms with Gasteiger partial charge in [0.1, 0.15) is 0 Å². The number of aromatic nitrogens is 2. The molecule has 2 aromatic heterocycles. The van der Waals surface area contributed by atoms with Crippen LogP contribution in [0.4, 0.5) is 0 Å². The number of nitrogens with one attached hydrogen (secondary N) is 1. The first-order chi connectivity index (χ1) is 8.24. The summed E-state index contributed by atoms with van der Waals surface area (Å²) in [6, 6.07) is 0.500. The fourth-order valence-electron chi connectivity index (χ4n) is 2.26. The molecule has 0 saturated carbocycles. The molecule has 2 aromatic rings. The average Bonchev–Trinajstić information content (AvgIpc) is 2.93. The molecule has 0 aromatic carbocycles. The first kappa shape index (κ1) is 11.2. The number of aryl methyl sites for hydroxylation is 2. The van der Waals surface area contributed by atoms with Gasteiger partial charge in [0.15, 0.2) is 4.96 Å². The highest BCUT2D eigenvalue weighted by atomic mass is 32.1. The first-order valence-corrected chi connectivity index (χ1v) is 6.81. The summed E-state index contributed by atoms with van der Waals surface area (Å²) < 4.78 is 7.57. The van der Waals surface area contributed by atoms with Crippen LogP contribution in [0.25, 0.3) is 4.96 Å². The number of nitrogens with zero attached hydrogens (tertiary/aromatic N) is 2. The number of hydrogen-bond acceptors (Lipinski definition) is 4. The van der Waals surface area contributed by atoms with Crippen molar-refractivity contribution in [1.82, 2.24) is 14.7 Å². The van der Waals surface area contributed by atoms with Crippen molar-refractivity contribution in [2.75, 3.05) is 13.2 Å². The van der Waals surface area contributed by atoms with Crippen molar-refractivity contribution in [1.29, 1.82) is 0 Å². The summed E-state index contributed by atoms with van der Waals surface area (Å²) in [5, 5.41) is 3.55. The van der Waals surface area contributed by atoms with Gasteiger partial charge in [0.25, 0.3) is 0 Å². The van der Waals surface area contributed by atoms with Gasteiger partial charge in [0, 0.05) is 30.3 Å². The Labute approximate surface area is 105 Å². The first-order valence-electron chi connectivity index (χ1n) is 5.99. The van der Waals surface area contributed by atoms with Gasteiger partial charge in [-0.2, -0.15) is 0 Å². The summed E-state index contributed by atoms with van der Waals surface area (Å²) in [4.78, 5) is 6.99. The minimum Gasteiger partial charge on any atom is -0.380 e. The summed E-state index contributed by atoms with van der Waals surface area (Å²) in [6.07, 6.45) is 3.28. The van der Waals surface area contributed by atoms with Crippen LogP contribution in [0.3, 0.4) is 0 Å². The van der Waals surface area contributed by atoms with Gasteiger partial charge in [0.2, 0.25) is 0 Å². The number of ether oxygens (including phenoxy) is 1. The standard InChI is InChI=1S/C12H17N3OS/c1-8-6-15-11(9(2)14-12(15)17-8)5-13-10-3-4-16-7-10/h6,10,13H,3-5,7H2,1-2H3. The minimum atomic E-state index is 0.500. The molecular weight excluding hydrogens is 234 g/mol. The topological polar surface area (TPSA) is 38.6 Å². The smallest absolute Gasteiger partial charge is 0.194 e. The van der Waals surface area contributed by atoms with Gasteiger partial charge in [-0.15, -0.1) is 11.3 Å². The lowest BCUT2D eigenvalue weighted by atomic mass is 10.2. The Morgan fingerprint density at radius 3 is 3.24 bits per heavy atom. The van der Waals surface area contributed by atoms with Gasteiger partial charge in [-0.3, -0.25) is 4.40 Å². The van der Waals surface area contributed by atoms with Crippen molar-refractivity contribution >= 4 is 16.3 Å². The van der Waals surface area contributed by atoms with E-state index in [4.69, 9.17) is 4.74 Å². The Balaban J connectivity index is 1.80. The van der Waals surface area contributed by atoms with Crippen molar-refractivity contribution in [3.05, 3.63) is 22.5 Å². The molecule has 0 bridgehead atoms. The van der Waals surface area contributed by atoms with E-state index in [0.29, 0.717) is 6.04 Å². The molecule has 0 spiro atoms. The zero-order chi connectivity index (χ0) is 11.8. The zero-order valence-corrected chi connectivity index (χ0v) is 11.0. The van der Waals surface area contributed by atoms with Gasteiger partial charge in [-0.25, -0.2) is 4.98 Å². The average molecular weight is 251 g/mol. The quantitative estimate of drug-likeness (QED) is 0.905. The third kappa shape index (κ3) is 2.10. The largest absolute Gasteiger partial charge is 0.380 e. The van der Waals surface area contributed by atoms with E-state index in [9.17, 15) is 0 Å². The van der Waals surface area contributed by atoms with E-state index in [0.717, 1.165) is 36.8 Å². The molecule has 3 rings (SSSR count). The molecule has 92 valence electrons. The Kier molecular flexibility index (Phi) is 2.90. The van der Waals surface area contributed by atoms with E-state index < -0.39 is 0 Å². The highest BCUT2D eigenvalue weighted by Crippen LogP contribution is 2.20. The lowest BCUT2D eigenvalue weighted by Crippen LogP contribution is -2.29. The van der Waals surface area contributed by atoms with Crippen LogP contribution in [0.2, 0.25) is 0 Å². The van der Waals surface area contributed by atoms with Crippen LogP contribution >= 0.6 is 11.3 Å². The molecule has 1 saturated heterocycles. The van der Waals surface area contributed by atoms with E-state index in [2.05, 4.69) is 34.7 Å². The predicted molar refractivity (Wildman–Crippen MR) is 68.6 cm³/mol.